The lowest BCUT2D eigenvalue weighted by molar-refractivity contribution is 0.467. The van der Waals surface area contributed by atoms with Crippen molar-refractivity contribution >= 4 is 9.84 Å². The zero-order valence-electron chi connectivity index (χ0n) is 11.6. The van der Waals surface area contributed by atoms with Gasteiger partial charge in [0, 0.05) is 11.8 Å². The van der Waals surface area contributed by atoms with Crippen molar-refractivity contribution in [3.63, 3.8) is 0 Å². The number of phenols is 1. The van der Waals surface area contributed by atoms with Crippen molar-refractivity contribution in [2.24, 2.45) is 0 Å². The standard InChI is InChI=1S/C16H17NO3S/c18-15-9-8-12-5-1-2-6-13(12)14(15)11-21(19,20)16-7-3-4-10-17-16/h3-4,7-10,18H,1-2,5-6,11H2. The van der Waals surface area contributed by atoms with E-state index in [0.29, 0.717) is 5.56 Å². The van der Waals surface area contributed by atoms with Gasteiger partial charge in [-0.3, -0.25) is 0 Å². The van der Waals surface area contributed by atoms with Gasteiger partial charge in [-0.05, 0) is 55.0 Å². The molecule has 0 bridgehead atoms. The summed E-state index contributed by atoms with van der Waals surface area (Å²) >= 11 is 0. The lowest BCUT2D eigenvalue weighted by atomic mass is 9.88. The number of phenolic OH excluding ortho intramolecular Hbond substituents is 1. The van der Waals surface area contributed by atoms with Crippen molar-refractivity contribution in [3.05, 3.63) is 53.2 Å². The van der Waals surface area contributed by atoms with E-state index < -0.39 is 9.84 Å². The van der Waals surface area contributed by atoms with Gasteiger partial charge >= 0.3 is 0 Å². The molecule has 1 aromatic heterocycles. The Bertz CT molecular complexity index is 755. The summed E-state index contributed by atoms with van der Waals surface area (Å²) in [5.41, 5.74) is 2.70. The zero-order chi connectivity index (χ0) is 14.9. The molecule has 110 valence electrons. The van der Waals surface area contributed by atoms with Crippen LogP contribution < -0.4 is 0 Å². The van der Waals surface area contributed by atoms with Crippen LogP contribution in [0.15, 0.2) is 41.6 Å². The van der Waals surface area contributed by atoms with Gasteiger partial charge in [-0.1, -0.05) is 12.1 Å². The van der Waals surface area contributed by atoms with Gasteiger partial charge in [-0.15, -0.1) is 0 Å². The van der Waals surface area contributed by atoms with Gasteiger partial charge in [0.25, 0.3) is 0 Å². The molecule has 0 unspecified atom stereocenters. The van der Waals surface area contributed by atoms with Gasteiger partial charge in [0.15, 0.2) is 14.9 Å². The smallest absolute Gasteiger partial charge is 0.199 e. The minimum absolute atomic E-state index is 0.0535. The van der Waals surface area contributed by atoms with Gasteiger partial charge in [0.1, 0.15) is 5.75 Å². The number of aromatic nitrogens is 1. The molecule has 0 radical (unpaired) electrons. The molecule has 1 aromatic carbocycles. The summed E-state index contributed by atoms with van der Waals surface area (Å²) in [4.78, 5) is 3.92. The number of nitrogens with zero attached hydrogens (tertiary/aromatic N) is 1. The molecule has 1 aliphatic carbocycles. The maximum atomic E-state index is 12.5. The molecular weight excluding hydrogens is 286 g/mol. The van der Waals surface area contributed by atoms with Crippen molar-refractivity contribution < 1.29 is 13.5 Å². The fourth-order valence-electron chi connectivity index (χ4n) is 2.85. The van der Waals surface area contributed by atoms with Crippen molar-refractivity contribution in [3.8, 4) is 5.75 Å². The van der Waals surface area contributed by atoms with E-state index in [1.165, 1.54) is 12.3 Å². The quantitative estimate of drug-likeness (QED) is 0.946. The largest absolute Gasteiger partial charge is 0.508 e. The maximum absolute atomic E-state index is 12.5. The highest BCUT2D eigenvalue weighted by atomic mass is 32.2. The molecule has 1 aliphatic rings. The molecule has 0 saturated carbocycles. The summed E-state index contributed by atoms with van der Waals surface area (Å²) < 4.78 is 24.9. The summed E-state index contributed by atoms with van der Waals surface area (Å²) in [5, 5.41) is 10.1. The second-order valence-electron chi connectivity index (χ2n) is 5.34. The van der Waals surface area contributed by atoms with Crippen LogP contribution in [0.5, 0.6) is 5.75 Å². The summed E-state index contributed by atoms with van der Waals surface area (Å²) in [5.74, 6) is -0.130. The van der Waals surface area contributed by atoms with Gasteiger partial charge in [0.2, 0.25) is 0 Å². The Hall–Kier alpha value is -1.88. The van der Waals surface area contributed by atoms with E-state index in [2.05, 4.69) is 4.98 Å². The number of aryl methyl sites for hydroxylation is 1. The highest BCUT2D eigenvalue weighted by Crippen LogP contribution is 2.32. The van der Waals surface area contributed by atoms with Crippen molar-refractivity contribution in [1.29, 1.82) is 0 Å². The second-order valence-corrected chi connectivity index (χ2v) is 7.27. The molecule has 4 nitrogen and oxygen atoms in total. The lowest BCUT2D eigenvalue weighted by Gasteiger charge is -2.20. The fraction of sp³-hybridized carbons (Fsp3) is 0.312. The minimum atomic E-state index is -3.54. The third kappa shape index (κ3) is 2.78. The number of hydrogen-bond donors (Lipinski definition) is 1. The van der Waals surface area contributed by atoms with Crippen molar-refractivity contribution in [2.45, 2.75) is 36.5 Å². The lowest BCUT2D eigenvalue weighted by Crippen LogP contribution is -2.12. The van der Waals surface area contributed by atoms with Crippen LogP contribution >= 0.6 is 0 Å². The first-order chi connectivity index (χ1) is 10.1. The van der Waals surface area contributed by atoms with E-state index in [9.17, 15) is 13.5 Å². The Morgan fingerprint density at radius 3 is 2.67 bits per heavy atom. The Kier molecular flexibility index (Phi) is 3.68. The Morgan fingerprint density at radius 2 is 1.90 bits per heavy atom. The first-order valence-electron chi connectivity index (χ1n) is 7.04. The van der Waals surface area contributed by atoms with Crippen LogP contribution in [-0.4, -0.2) is 18.5 Å². The normalized spacial score (nSPS) is 14.7. The molecule has 0 amide bonds. The van der Waals surface area contributed by atoms with E-state index >= 15 is 0 Å². The Morgan fingerprint density at radius 1 is 1.10 bits per heavy atom. The Balaban J connectivity index is 2.02. The average Bonchev–Trinajstić information content (AvgIpc) is 2.51. The highest BCUT2D eigenvalue weighted by molar-refractivity contribution is 7.90. The number of sulfone groups is 1. The van der Waals surface area contributed by atoms with Crippen molar-refractivity contribution in [1.82, 2.24) is 4.98 Å². The molecular formula is C16H17NO3S. The molecule has 0 spiro atoms. The molecule has 0 saturated heterocycles. The summed E-state index contributed by atoms with van der Waals surface area (Å²) in [6.07, 6.45) is 5.40. The molecule has 21 heavy (non-hydrogen) atoms. The molecule has 5 heteroatoms. The van der Waals surface area contributed by atoms with E-state index in [0.717, 1.165) is 36.8 Å². The van der Waals surface area contributed by atoms with E-state index in [1.807, 2.05) is 6.07 Å². The van der Waals surface area contributed by atoms with Crippen LogP contribution in [0.1, 0.15) is 29.5 Å². The van der Waals surface area contributed by atoms with E-state index in [1.54, 1.807) is 18.2 Å². The fourth-order valence-corrected chi connectivity index (χ4v) is 4.21. The van der Waals surface area contributed by atoms with Crippen LogP contribution in [0.25, 0.3) is 0 Å². The maximum Gasteiger partial charge on any atom is 0.199 e. The molecule has 2 aromatic rings. The van der Waals surface area contributed by atoms with Gasteiger partial charge in [0.05, 0.1) is 5.75 Å². The molecule has 1 heterocycles. The summed E-state index contributed by atoms with van der Waals surface area (Å²) in [6, 6.07) is 8.33. The van der Waals surface area contributed by atoms with Crippen LogP contribution in [0, 0.1) is 0 Å². The van der Waals surface area contributed by atoms with E-state index in [-0.39, 0.29) is 16.5 Å². The third-order valence-corrected chi connectivity index (χ3v) is 5.46. The van der Waals surface area contributed by atoms with E-state index in [4.69, 9.17) is 0 Å². The van der Waals surface area contributed by atoms with Gasteiger partial charge < -0.3 is 5.11 Å². The predicted octanol–water partition coefficient (Wildman–Crippen LogP) is 2.64. The number of hydrogen-bond acceptors (Lipinski definition) is 4. The predicted molar refractivity (Wildman–Crippen MR) is 79.9 cm³/mol. The highest BCUT2D eigenvalue weighted by Gasteiger charge is 2.23. The molecule has 0 atom stereocenters. The van der Waals surface area contributed by atoms with Gasteiger partial charge in [-0.2, -0.15) is 0 Å². The molecule has 1 N–H and O–H groups in total. The van der Waals surface area contributed by atoms with Crippen LogP contribution in [0.4, 0.5) is 0 Å². The zero-order valence-corrected chi connectivity index (χ0v) is 12.4. The van der Waals surface area contributed by atoms with Crippen LogP contribution in [0.3, 0.4) is 0 Å². The number of benzene rings is 1. The third-order valence-electron chi connectivity index (χ3n) is 3.92. The van der Waals surface area contributed by atoms with Crippen LogP contribution in [-0.2, 0) is 28.4 Å². The topological polar surface area (TPSA) is 67.3 Å². The first kappa shape index (κ1) is 14.1. The number of aromatic hydroxyl groups is 1. The average molecular weight is 303 g/mol. The monoisotopic (exact) mass is 303 g/mol. The Labute approximate surface area is 124 Å². The summed E-state index contributed by atoms with van der Waals surface area (Å²) in [7, 11) is -3.54. The van der Waals surface area contributed by atoms with Crippen molar-refractivity contribution in [2.75, 3.05) is 0 Å². The molecule has 0 aliphatic heterocycles. The number of pyridine rings is 1. The van der Waals surface area contributed by atoms with Crippen LogP contribution in [0.2, 0.25) is 0 Å². The first-order valence-corrected chi connectivity index (χ1v) is 8.69. The minimum Gasteiger partial charge on any atom is -0.508 e. The SMILES string of the molecule is O=S(=O)(Cc1c(O)ccc2c1CCCC2)c1ccccn1. The number of fused-ring (bicyclic) bond motifs is 1. The summed E-state index contributed by atoms with van der Waals surface area (Å²) in [6.45, 7) is 0. The number of rotatable bonds is 3. The van der Waals surface area contributed by atoms with Gasteiger partial charge in [-0.25, -0.2) is 13.4 Å². The molecule has 3 rings (SSSR count). The second kappa shape index (κ2) is 5.48. The molecule has 0 fully saturated rings.